The lowest BCUT2D eigenvalue weighted by atomic mass is 10.2. The topological polar surface area (TPSA) is 9.23 Å². The molecule has 0 saturated heterocycles. The van der Waals surface area contributed by atoms with Crippen LogP contribution in [0.15, 0.2) is 18.2 Å². The molecule has 1 aromatic rings. The summed E-state index contributed by atoms with van der Waals surface area (Å²) in [6, 6.07) is 4.01. The van der Waals surface area contributed by atoms with Crippen LogP contribution in [0.4, 0.5) is 13.2 Å². The van der Waals surface area contributed by atoms with Gasteiger partial charge >= 0.3 is 6.36 Å². The highest BCUT2D eigenvalue weighted by Crippen LogP contribution is 2.28. The molecule has 0 amide bonds. The standard InChI is InChI=1S/C10H10ClF3OS/c1-16-5-4-7-2-3-8(6-9(7)11)15-10(12,13)14/h2-3,6H,4-5H2,1H3. The van der Waals surface area contributed by atoms with Crippen LogP contribution < -0.4 is 4.74 Å². The molecule has 1 rings (SSSR count). The molecule has 16 heavy (non-hydrogen) atoms. The Morgan fingerprint density at radius 1 is 1.38 bits per heavy atom. The largest absolute Gasteiger partial charge is 0.573 e. The maximum atomic E-state index is 11.9. The van der Waals surface area contributed by atoms with Gasteiger partial charge in [-0.2, -0.15) is 11.8 Å². The predicted octanol–water partition coefficient (Wildman–Crippen LogP) is 4.14. The van der Waals surface area contributed by atoms with Crippen molar-refractivity contribution in [3.05, 3.63) is 28.8 Å². The smallest absolute Gasteiger partial charge is 0.406 e. The van der Waals surface area contributed by atoms with Crippen molar-refractivity contribution in [1.82, 2.24) is 0 Å². The van der Waals surface area contributed by atoms with E-state index < -0.39 is 6.36 Å². The first-order chi connectivity index (χ1) is 7.42. The molecule has 0 fully saturated rings. The zero-order chi connectivity index (χ0) is 12.2. The van der Waals surface area contributed by atoms with Crippen molar-refractivity contribution in [1.29, 1.82) is 0 Å². The first-order valence-corrected chi connectivity index (χ1v) is 6.22. The van der Waals surface area contributed by atoms with E-state index in [1.165, 1.54) is 12.1 Å². The predicted molar refractivity (Wildman–Crippen MR) is 60.2 cm³/mol. The van der Waals surface area contributed by atoms with Crippen molar-refractivity contribution in [3.63, 3.8) is 0 Å². The van der Waals surface area contributed by atoms with Gasteiger partial charge in [-0.25, -0.2) is 0 Å². The van der Waals surface area contributed by atoms with Crippen molar-refractivity contribution in [3.8, 4) is 5.75 Å². The molecule has 6 heteroatoms. The molecule has 0 aliphatic carbocycles. The quantitative estimate of drug-likeness (QED) is 0.813. The van der Waals surface area contributed by atoms with E-state index in [0.717, 1.165) is 17.7 Å². The second-order valence-corrected chi connectivity index (χ2v) is 4.44. The van der Waals surface area contributed by atoms with Crippen LogP contribution in [-0.2, 0) is 6.42 Å². The molecule has 0 atom stereocenters. The molecule has 1 aromatic carbocycles. The van der Waals surface area contributed by atoms with E-state index in [2.05, 4.69) is 4.74 Å². The van der Waals surface area contributed by atoms with Gasteiger partial charge in [-0.15, -0.1) is 13.2 Å². The third-order valence-electron chi connectivity index (χ3n) is 1.83. The van der Waals surface area contributed by atoms with Crippen molar-refractivity contribution < 1.29 is 17.9 Å². The number of rotatable bonds is 4. The second-order valence-electron chi connectivity index (χ2n) is 3.04. The average molecular weight is 271 g/mol. The Morgan fingerprint density at radius 3 is 2.56 bits per heavy atom. The summed E-state index contributed by atoms with van der Waals surface area (Å²) < 4.78 is 39.5. The summed E-state index contributed by atoms with van der Waals surface area (Å²) in [5, 5.41) is 0.302. The summed E-state index contributed by atoms with van der Waals surface area (Å²) in [4.78, 5) is 0. The Morgan fingerprint density at radius 2 is 2.06 bits per heavy atom. The molecule has 0 aliphatic heterocycles. The van der Waals surface area contributed by atoms with Crippen LogP contribution in [0.1, 0.15) is 5.56 Å². The first-order valence-electron chi connectivity index (χ1n) is 4.45. The molecule has 0 aromatic heterocycles. The van der Waals surface area contributed by atoms with Gasteiger partial charge in [0.1, 0.15) is 5.75 Å². The molecule has 0 radical (unpaired) electrons. The van der Waals surface area contributed by atoms with Gasteiger partial charge in [-0.05, 0) is 36.1 Å². The Balaban J connectivity index is 2.74. The van der Waals surface area contributed by atoms with Gasteiger partial charge in [-0.1, -0.05) is 17.7 Å². The number of benzene rings is 1. The van der Waals surface area contributed by atoms with Crippen LogP contribution in [0, 0.1) is 0 Å². The van der Waals surface area contributed by atoms with Gasteiger partial charge in [0, 0.05) is 5.02 Å². The van der Waals surface area contributed by atoms with Crippen LogP contribution in [-0.4, -0.2) is 18.4 Å². The molecule has 90 valence electrons. The Labute approximate surface area is 101 Å². The zero-order valence-electron chi connectivity index (χ0n) is 8.47. The minimum absolute atomic E-state index is 0.287. The second kappa shape index (κ2) is 5.68. The highest BCUT2D eigenvalue weighted by molar-refractivity contribution is 7.98. The van der Waals surface area contributed by atoms with Gasteiger partial charge in [0.2, 0.25) is 0 Å². The summed E-state index contributed by atoms with van der Waals surface area (Å²) >= 11 is 7.49. The SMILES string of the molecule is CSCCc1ccc(OC(F)(F)F)cc1Cl. The number of aryl methyl sites for hydroxylation is 1. The fourth-order valence-electron chi connectivity index (χ4n) is 1.14. The minimum Gasteiger partial charge on any atom is -0.406 e. The summed E-state index contributed by atoms with van der Waals surface area (Å²) in [6.07, 6.45) is -1.99. The molecule has 0 bridgehead atoms. The minimum atomic E-state index is -4.68. The van der Waals surface area contributed by atoms with Crippen LogP contribution in [0.3, 0.4) is 0 Å². The maximum absolute atomic E-state index is 11.9. The Bertz CT molecular complexity index is 354. The van der Waals surface area contributed by atoms with Crippen LogP contribution >= 0.6 is 23.4 Å². The number of ether oxygens (including phenoxy) is 1. The third-order valence-corrected chi connectivity index (χ3v) is 2.80. The summed E-state index contributed by atoms with van der Waals surface area (Å²) in [5.74, 6) is 0.588. The first kappa shape index (κ1) is 13.5. The van der Waals surface area contributed by atoms with Crippen molar-refractivity contribution in [2.75, 3.05) is 12.0 Å². The fourth-order valence-corrected chi connectivity index (χ4v) is 1.83. The summed E-state index contributed by atoms with van der Waals surface area (Å²) in [6.45, 7) is 0. The molecule has 0 saturated carbocycles. The lowest BCUT2D eigenvalue weighted by molar-refractivity contribution is -0.274. The van der Waals surface area contributed by atoms with E-state index in [9.17, 15) is 13.2 Å². The van der Waals surface area contributed by atoms with E-state index in [-0.39, 0.29) is 5.75 Å². The maximum Gasteiger partial charge on any atom is 0.573 e. The lowest BCUT2D eigenvalue weighted by Gasteiger charge is -2.10. The van der Waals surface area contributed by atoms with Gasteiger partial charge in [0.15, 0.2) is 0 Å². The molecular weight excluding hydrogens is 261 g/mol. The molecule has 0 spiro atoms. The van der Waals surface area contributed by atoms with E-state index in [1.54, 1.807) is 17.8 Å². The molecule has 0 heterocycles. The van der Waals surface area contributed by atoms with Gasteiger partial charge in [-0.3, -0.25) is 0 Å². The zero-order valence-corrected chi connectivity index (χ0v) is 10.0. The lowest BCUT2D eigenvalue weighted by Crippen LogP contribution is -2.17. The monoisotopic (exact) mass is 270 g/mol. The van der Waals surface area contributed by atoms with Crippen molar-refractivity contribution in [2.24, 2.45) is 0 Å². The van der Waals surface area contributed by atoms with E-state index >= 15 is 0 Å². The van der Waals surface area contributed by atoms with Gasteiger partial charge < -0.3 is 4.74 Å². The highest BCUT2D eigenvalue weighted by atomic mass is 35.5. The molecule has 1 nitrogen and oxygen atoms in total. The molecular formula is C10H10ClF3OS. The summed E-state index contributed by atoms with van der Waals surface area (Å²) in [7, 11) is 0. The number of hydrogen-bond donors (Lipinski definition) is 0. The van der Waals surface area contributed by atoms with Crippen LogP contribution in [0.5, 0.6) is 5.75 Å². The fraction of sp³-hybridized carbons (Fsp3) is 0.400. The van der Waals surface area contributed by atoms with Gasteiger partial charge in [0.05, 0.1) is 0 Å². The normalized spacial score (nSPS) is 11.6. The number of halogens is 4. The van der Waals surface area contributed by atoms with Crippen LogP contribution in [0.2, 0.25) is 5.02 Å². The summed E-state index contributed by atoms with van der Waals surface area (Å²) in [5.41, 5.74) is 0.825. The molecule has 0 aliphatic rings. The van der Waals surface area contributed by atoms with Crippen molar-refractivity contribution >= 4 is 23.4 Å². The van der Waals surface area contributed by atoms with E-state index in [4.69, 9.17) is 11.6 Å². The molecule has 0 unspecified atom stereocenters. The Hall–Kier alpha value is -0.550. The number of alkyl halides is 3. The average Bonchev–Trinajstić information content (AvgIpc) is 2.14. The third kappa shape index (κ3) is 4.53. The van der Waals surface area contributed by atoms with Crippen LogP contribution in [0.25, 0.3) is 0 Å². The van der Waals surface area contributed by atoms with Gasteiger partial charge in [0.25, 0.3) is 0 Å². The van der Waals surface area contributed by atoms with E-state index in [1.807, 2.05) is 6.26 Å². The van der Waals surface area contributed by atoms with Crippen molar-refractivity contribution in [2.45, 2.75) is 12.8 Å². The highest BCUT2D eigenvalue weighted by Gasteiger charge is 2.31. The number of hydrogen-bond acceptors (Lipinski definition) is 2. The number of thioether (sulfide) groups is 1. The van der Waals surface area contributed by atoms with E-state index in [0.29, 0.717) is 5.02 Å². The molecule has 0 N–H and O–H groups in total. The Kier molecular flexibility index (Phi) is 4.80.